The first kappa shape index (κ1) is 27.0. The van der Waals surface area contributed by atoms with Gasteiger partial charge in [0.1, 0.15) is 11.1 Å². The van der Waals surface area contributed by atoms with E-state index in [9.17, 15) is 37.5 Å². The summed E-state index contributed by atoms with van der Waals surface area (Å²) in [5.74, 6) is -3.09. The van der Waals surface area contributed by atoms with Gasteiger partial charge in [0.05, 0.1) is 11.4 Å². The van der Waals surface area contributed by atoms with E-state index >= 15 is 0 Å². The van der Waals surface area contributed by atoms with Crippen molar-refractivity contribution in [2.45, 2.75) is 19.9 Å². The van der Waals surface area contributed by atoms with Crippen LogP contribution < -0.4 is 21.5 Å². The normalized spacial score (nSPS) is 16.1. The van der Waals surface area contributed by atoms with Crippen LogP contribution in [0.3, 0.4) is 0 Å². The summed E-state index contributed by atoms with van der Waals surface area (Å²) >= 11 is 0. The lowest BCUT2D eigenvalue weighted by Gasteiger charge is -2.26. The van der Waals surface area contributed by atoms with Gasteiger partial charge in [-0.25, -0.2) is 14.5 Å². The summed E-state index contributed by atoms with van der Waals surface area (Å²) in [6.07, 6.45) is 4.90. The first-order valence-corrected chi connectivity index (χ1v) is 12.3. The molecule has 0 radical (unpaired) electrons. The molecule has 1 aliphatic heterocycles. The average Bonchev–Trinajstić information content (AvgIpc) is 2.80. The molecule has 3 rings (SSSR count). The van der Waals surface area contributed by atoms with Crippen molar-refractivity contribution in [3.05, 3.63) is 86.1 Å². The van der Waals surface area contributed by atoms with Crippen molar-refractivity contribution in [1.29, 1.82) is 0 Å². The second-order valence-electron chi connectivity index (χ2n) is 7.85. The zero-order valence-corrected chi connectivity index (χ0v) is 20.2. The molecule has 1 aromatic heterocycles. The smallest absolute Gasteiger partial charge is 0.335 e. The third kappa shape index (κ3) is 6.56. The van der Waals surface area contributed by atoms with Crippen molar-refractivity contribution in [2.24, 2.45) is 0 Å². The van der Waals surface area contributed by atoms with Crippen molar-refractivity contribution in [3.8, 4) is 5.88 Å². The number of carbonyl (C=O) groups is 3. The summed E-state index contributed by atoms with van der Waals surface area (Å²) in [4.78, 5) is 64.2. The molecule has 4 amide bonds. The highest BCUT2D eigenvalue weighted by atomic mass is 32.2. The first-order chi connectivity index (χ1) is 17.4. The highest BCUT2D eigenvalue weighted by molar-refractivity contribution is 7.85. The van der Waals surface area contributed by atoms with Crippen LogP contribution in [0.2, 0.25) is 0 Å². The van der Waals surface area contributed by atoms with Crippen LogP contribution in [0.25, 0.3) is 6.08 Å². The molecule has 13 nitrogen and oxygen atoms in total. The Labute approximate surface area is 209 Å². The van der Waals surface area contributed by atoms with E-state index in [4.69, 9.17) is 4.55 Å². The molecule has 1 saturated heterocycles. The number of rotatable bonds is 8. The number of urea groups is 1. The van der Waals surface area contributed by atoms with E-state index in [1.165, 1.54) is 36.4 Å². The Morgan fingerprint density at radius 1 is 1.08 bits per heavy atom. The van der Waals surface area contributed by atoms with Gasteiger partial charge in [-0.1, -0.05) is 35.9 Å². The number of allylic oxidation sites excluding steroid dienone is 4. The van der Waals surface area contributed by atoms with E-state index in [1.807, 2.05) is 4.98 Å². The fourth-order valence-corrected chi connectivity index (χ4v) is 3.81. The predicted octanol–water partition coefficient (Wildman–Crippen LogP) is 0.689. The van der Waals surface area contributed by atoms with Crippen LogP contribution in [0.5, 0.6) is 5.88 Å². The van der Waals surface area contributed by atoms with Crippen molar-refractivity contribution < 1.29 is 32.5 Å². The highest BCUT2D eigenvalue weighted by Gasteiger charge is 2.36. The Hall–Kier alpha value is -4.56. The fourth-order valence-electron chi connectivity index (χ4n) is 3.31. The van der Waals surface area contributed by atoms with Crippen LogP contribution in [0, 0.1) is 0 Å². The quantitative estimate of drug-likeness (QED) is 0.164. The van der Waals surface area contributed by atoms with Gasteiger partial charge in [-0.15, -0.1) is 0 Å². The number of carbonyl (C=O) groups excluding carboxylic acids is 3. The number of nitrogens with one attached hydrogen (secondary N) is 2. The van der Waals surface area contributed by atoms with Gasteiger partial charge in [0.2, 0.25) is 5.88 Å². The SMILES string of the molecule is CC(/C=C/c1c(O)n(CCCS(=O)(=O)O)c(=O)[nH]c1=O)=C\C=C1/C(=O)NC(=O)N(c2ccccc2)C1=O. The predicted molar refractivity (Wildman–Crippen MR) is 132 cm³/mol. The van der Waals surface area contributed by atoms with E-state index < -0.39 is 50.8 Å². The van der Waals surface area contributed by atoms with E-state index in [1.54, 1.807) is 25.1 Å². The number of aromatic amines is 1. The van der Waals surface area contributed by atoms with Crippen LogP contribution in [0.15, 0.2) is 69.3 Å². The number of para-hydroxylation sites is 1. The van der Waals surface area contributed by atoms with Crippen LogP contribution in [0.4, 0.5) is 10.5 Å². The summed E-state index contributed by atoms with van der Waals surface area (Å²) in [5.41, 5.74) is -1.81. The molecule has 0 aliphatic carbocycles. The molecule has 1 aliphatic rings. The Bertz CT molecular complexity index is 1570. The zero-order chi connectivity index (χ0) is 27.3. The Balaban J connectivity index is 1.85. The third-order valence-corrected chi connectivity index (χ3v) is 5.94. The number of H-pyrrole nitrogens is 1. The average molecular weight is 531 g/mol. The van der Waals surface area contributed by atoms with E-state index in [-0.39, 0.29) is 29.8 Å². The number of benzene rings is 1. The van der Waals surface area contributed by atoms with Crippen LogP contribution in [0.1, 0.15) is 18.9 Å². The van der Waals surface area contributed by atoms with Gasteiger partial charge in [0.25, 0.3) is 27.5 Å². The van der Waals surface area contributed by atoms with Crippen LogP contribution in [-0.2, 0) is 26.3 Å². The topological polar surface area (TPSA) is 196 Å². The monoisotopic (exact) mass is 530 g/mol. The minimum Gasteiger partial charge on any atom is -0.494 e. The minimum absolute atomic E-state index is 0.202. The van der Waals surface area contributed by atoms with Crippen molar-refractivity contribution in [3.63, 3.8) is 0 Å². The molecule has 37 heavy (non-hydrogen) atoms. The van der Waals surface area contributed by atoms with Gasteiger partial charge in [-0.05, 0) is 37.6 Å². The van der Waals surface area contributed by atoms with Gasteiger partial charge < -0.3 is 5.11 Å². The molecule has 1 fully saturated rings. The molecule has 4 N–H and O–H groups in total. The molecule has 1 aromatic carbocycles. The van der Waals surface area contributed by atoms with Gasteiger partial charge in [0, 0.05) is 6.54 Å². The minimum atomic E-state index is -4.28. The number of barbiturate groups is 1. The Kier molecular flexibility index (Phi) is 8.04. The molecule has 0 bridgehead atoms. The van der Waals surface area contributed by atoms with Crippen LogP contribution >= 0.6 is 0 Å². The van der Waals surface area contributed by atoms with E-state index in [0.29, 0.717) is 5.57 Å². The molecule has 0 unspecified atom stereocenters. The van der Waals surface area contributed by atoms with Gasteiger partial charge in [-0.2, -0.15) is 8.42 Å². The van der Waals surface area contributed by atoms with Gasteiger partial charge in [-0.3, -0.25) is 33.8 Å². The molecule has 0 atom stereocenters. The maximum Gasteiger partial charge on any atom is 0.335 e. The number of hydrogen-bond donors (Lipinski definition) is 4. The highest BCUT2D eigenvalue weighted by Crippen LogP contribution is 2.20. The van der Waals surface area contributed by atoms with E-state index in [0.717, 1.165) is 9.47 Å². The fraction of sp³-hybridized carbons (Fsp3) is 0.174. The molecule has 14 heteroatoms. The number of aromatic hydroxyl groups is 1. The maximum absolute atomic E-state index is 12.8. The number of nitrogens with zero attached hydrogens (tertiary/aromatic N) is 2. The molecule has 2 aromatic rings. The van der Waals surface area contributed by atoms with Crippen molar-refractivity contribution in [2.75, 3.05) is 10.7 Å². The summed E-state index contributed by atoms with van der Waals surface area (Å²) in [6.45, 7) is 1.27. The number of anilines is 1. The van der Waals surface area contributed by atoms with E-state index in [2.05, 4.69) is 5.32 Å². The zero-order valence-electron chi connectivity index (χ0n) is 19.4. The lowest BCUT2D eigenvalue weighted by Crippen LogP contribution is -2.54. The number of hydrogen-bond acceptors (Lipinski definition) is 8. The Morgan fingerprint density at radius 2 is 1.76 bits per heavy atom. The largest absolute Gasteiger partial charge is 0.494 e. The second-order valence-corrected chi connectivity index (χ2v) is 9.42. The molecular weight excluding hydrogens is 508 g/mol. The number of imide groups is 2. The number of aromatic nitrogens is 2. The first-order valence-electron chi connectivity index (χ1n) is 10.7. The molecular formula is C23H22N4O9S. The lowest BCUT2D eigenvalue weighted by atomic mass is 10.1. The Morgan fingerprint density at radius 3 is 2.41 bits per heavy atom. The molecule has 0 spiro atoms. The third-order valence-electron chi connectivity index (χ3n) is 5.13. The molecule has 2 heterocycles. The molecule has 0 saturated carbocycles. The standard InChI is InChI=1S/C23H22N4O9S/c1-14(8-10-16-18(28)24-22(32)26(20(16)30)12-5-13-37(34,35)36)9-11-17-19(29)25-23(33)27(21(17)31)15-6-3-2-4-7-15/h2-4,6-11,30H,5,12-13H2,1H3,(H,24,28,32)(H,25,29,33)(H,34,35,36)/b10-8+,14-9+,17-11+. The van der Waals surface area contributed by atoms with Gasteiger partial charge in [0.15, 0.2) is 0 Å². The lowest BCUT2D eigenvalue weighted by molar-refractivity contribution is -0.122. The summed E-state index contributed by atoms with van der Waals surface area (Å²) in [6, 6.07) is 7.12. The van der Waals surface area contributed by atoms with Crippen molar-refractivity contribution >= 4 is 39.7 Å². The molecule has 194 valence electrons. The van der Waals surface area contributed by atoms with Crippen LogP contribution in [-0.4, -0.2) is 51.2 Å². The van der Waals surface area contributed by atoms with Gasteiger partial charge >= 0.3 is 11.7 Å². The maximum atomic E-state index is 12.8. The number of amides is 4. The second kappa shape index (κ2) is 11.0. The summed E-state index contributed by atoms with van der Waals surface area (Å²) in [7, 11) is -4.28. The summed E-state index contributed by atoms with van der Waals surface area (Å²) in [5, 5.41) is 12.5. The van der Waals surface area contributed by atoms with Crippen molar-refractivity contribution in [1.82, 2.24) is 14.9 Å². The summed E-state index contributed by atoms with van der Waals surface area (Å²) < 4.78 is 31.3.